The Balaban J connectivity index is 2.17. The molecule has 0 saturated carbocycles. The fraction of sp³-hybridized carbons (Fsp3) is 0.385. The van der Waals surface area contributed by atoms with Gasteiger partial charge in [-0.25, -0.2) is 13.1 Å². The average Bonchev–Trinajstić information content (AvgIpc) is 2.74. The summed E-state index contributed by atoms with van der Waals surface area (Å²) in [5.74, 6) is 0. The molecule has 18 heavy (non-hydrogen) atoms. The van der Waals surface area contributed by atoms with Gasteiger partial charge in [0.15, 0.2) is 0 Å². The van der Waals surface area contributed by atoms with Crippen molar-refractivity contribution in [3.8, 4) is 0 Å². The summed E-state index contributed by atoms with van der Waals surface area (Å²) in [4.78, 5) is 0.340. The van der Waals surface area contributed by atoms with Gasteiger partial charge in [0.1, 0.15) is 0 Å². The van der Waals surface area contributed by atoms with Gasteiger partial charge in [-0.3, -0.25) is 0 Å². The Morgan fingerprint density at radius 2 is 2.06 bits per heavy atom. The van der Waals surface area contributed by atoms with Crippen LogP contribution in [0.15, 0.2) is 34.7 Å². The number of rotatable bonds is 4. The Morgan fingerprint density at radius 3 is 2.78 bits per heavy atom. The summed E-state index contributed by atoms with van der Waals surface area (Å²) < 4.78 is 26.7. The fourth-order valence-corrected chi connectivity index (χ4v) is 2.89. The average molecular weight is 266 g/mol. The quantitative estimate of drug-likeness (QED) is 0.813. The van der Waals surface area contributed by atoms with E-state index in [9.17, 15) is 8.42 Å². The molecule has 2 N–H and O–H groups in total. The minimum Gasteiger partial charge on any atom is -0.309 e. The monoisotopic (exact) mass is 266 g/mol. The van der Waals surface area contributed by atoms with Gasteiger partial charge in [-0.15, -0.1) is 0 Å². The number of allylic oxidation sites excluding steroid dienone is 1. The van der Waals surface area contributed by atoms with Crippen LogP contribution < -0.4 is 10.0 Å². The zero-order chi connectivity index (χ0) is 13.2. The third-order valence-corrected chi connectivity index (χ3v) is 4.32. The third-order valence-electron chi connectivity index (χ3n) is 2.90. The summed E-state index contributed by atoms with van der Waals surface area (Å²) in [6, 6.07) is 5.29. The summed E-state index contributed by atoms with van der Waals surface area (Å²) in [7, 11) is -3.40. The van der Waals surface area contributed by atoms with Crippen molar-refractivity contribution in [1.29, 1.82) is 0 Å². The van der Waals surface area contributed by atoms with Gasteiger partial charge in [-0.05, 0) is 37.1 Å². The van der Waals surface area contributed by atoms with Gasteiger partial charge < -0.3 is 5.32 Å². The zero-order valence-corrected chi connectivity index (χ0v) is 11.5. The highest BCUT2D eigenvalue weighted by Crippen LogP contribution is 2.19. The van der Waals surface area contributed by atoms with Crippen LogP contribution in [0.3, 0.4) is 0 Å². The Kier molecular flexibility index (Phi) is 3.85. The Bertz CT molecular complexity index is 573. The maximum absolute atomic E-state index is 12.1. The van der Waals surface area contributed by atoms with E-state index in [1.54, 1.807) is 12.1 Å². The van der Waals surface area contributed by atoms with E-state index in [1.807, 2.05) is 26.0 Å². The predicted molar refractivity (Wildman–Crippen MR) is 71.6 cm³/mol. The van der Waals surface area contributed by atoms with E-state index in [1.165, 1.54) is 5.56 Å². The van der Waals surface area contributed by atoms with Crippen molar-refractivity contribution in [2.75, 3.05) is 6.54 Å². The molecule has 0 unspecified atom stereocenters. The summed E-state index contributed by atoms with van der Waals surface area (Å²) in [5, 5.41) is 3.20. The molecule has 0 amide bonds. The van der Waals surface area contributed by atoms with Crippen LogP contribution in [0.4, 0.5) is 0 Å². The number of hydrogen-bond donors (Lipinski definition) is 2. The Labute approximate surface area is 108 Å². The third kappa shape index (κ3) is 2.98. The highest BCUT2D eigenvalue weighted by molar-refractivity contribution is 7.89. The van der Waals surface area contributed by atoms with Gasteiger partial charge >= 0.3 is 0 Å². The number of sulfonamides is 1. The van der Waals surface area contributed by atoms with Gasteiger partial charge in [-0.2, -0.15) is 0 Å². The molecule has 5 heteroatoms. The molecule has 1 heterocycles. The number of hydrogen-bond acceptors (Lipinski definition) is 3. The zero-order valence-electron chi connectivity index (χ0n) is 10.7. The van der Waals surface area contributed by atoms with E-state index in [2.05, 4.69) is 10.0 Å². The molecule has 98 valence electrons. The largest absolute Gasteiger partial charge is 0.309 e. The summed E-state index contributed by atoms with van der Waals surface area (Å²) in [6.07, 6.45) is 1.85. The molecule has 4 nitrogen and oxygen atoms in total. The van der Waals surface area contributed by atoms with Crippen LogP contribution in [0.1, 0.15) is 25.0 Å². The van der Waals surface area contributed by atoms with Gasteiger partial charge in [0.25, 0.3) is 0 Å². The summed E-state index contributed by atoms with van der Waals surface area (Å²) in [5.41, 5.74) is 3.34. The topological polar surface area (TPSA) is 58.2 Å². The SMILES string of the molecule is CC(C)=CCNS(=O)(=O)c1ccc2c(c1)CNC2. The minimum atomic E-state index is -3.40. The minimum absolute atomic E-state index is 0.333. The van der Waals surface area contributed by atoms with Crippen LogP contribution in [0.5, 0.6) is 0 Å². The lowest BCUT2D eigenvalue weighted by molar-refractivity contribution is 0.585. The van der Waals surface area contributed by atoms with Crippen molar-refractivity contribution in [3.63, 3.8) is 0 Å². The first-order valence-electron chi connectivity index (χ1n) is 5.94. The molecule has 1 aliphatic heterocycles. The molecule has 0 aliphatic carbocycles. The van der Waals surface area contributed by atoms with Crippen molar-refractivity contribution in [3.05, 3.63) is 41.0 Å². The van der Waals surface area contributed by atoms with E-state index >= 15 is 0 Å². The highest BCUT2D eigenvalue weighted by atomic mass is 32.2. The number of nitrogens with one attached hydrogen (secondary N) is 2. The molecular formula is C13H18N2O2S. The molecule has 0 saturated heterocycles. The second-order valence-corrected chi connectivity index (χ2v) is 6.43. The summed E-state index contributed by atoms with van der Waals surface area (Å²) >= 11 is 0. The maximum Gasteiger partial charge on any atom is 0.240 e. The van der Waals surface area contributed by atoms with Gasteiger partial charge in [-0.1, -0.05) is 17.7 Å². The first kappa shape index (κ1) is 13.3. The van der Waals surface area contributed by atoms with E-state index in [0.29, 0.717) is 11.4 Å². The molecule has 0 spiro atoms. The van der Waals surface area contributed by atoms with Crippen LogP contribution in [-0.2, 0) is 23.1 Å². The maximum atomic E-state index is 12.1. The second kappa shape index (κ2) is 5.22. The first-order chi connectivity index (χ1) is 8.49. The molecule has 1 aliphatic rings. The van der Waals surface area contributed by atoms with E-state index in [0.717, 1.165) is 24.2 Å². The van der Waals surface area contributed by atoms with Gasteiger partial charge in [0.05, 0.1) is 4.90 Å². The van der Waals surface area contributed by atoms with Crippen molar-refractivity contribution >= 4 is 10.0 Å². The fourth-order valence-electron chi connectivity index (χ4n) is 1.88. The lowest BCUT2D eigenvalue weighted by atomic mass is 10.1. The van der Waals surface area contributed by atoms with Crippen LogP contribution in [0, 0.1) is 0 Å². The van der Waals surface area contributed by atoms with Crippen LogP contribution >= 0.6 is 0 Å². The Morgan fingerprint density at radius 1 is 1.33 bits per heavy atom. The van der Waals surface area contributed by atoms with Crippen molar-refractivity contribution < 1.29 is 8.42 Å². The van der Waals surface area contributed by atoms with Crippen molar-refractivity contribution in [1.82, 2.24) is 10.0 Å². The molecule has 1 aromatic carbocycles. The molecule has 0 aromatic heterocycles. The van der Waals surface area contributed by atoms with E-state index < -0.39 is 10.0 Å². The summed E-state index contributed by atoms with van der Waals surface area (Å²) in [6.45, 7) is 5.78. The molecule has 1 aromatic rings. The molecule has 0 atom stereocenters. The Hall–Kier alpha value is -1.17. The first-order valence-corrected chi connectivity index (χ1v) is 7.43. The van der Waals surface area contributed by atoms with Crippen LogP contribution in [-0.4, -0.2) is 15.0 Å². The number of fused-ring (bicyclic) bond motifs is 1. The lowest BCUT2D eigenvalue weighted by Crippen LogP contribution is -2.24. The van der Waals surface area contributed by atoms with E-state index in [-0.39, 0.29) is 0 Å². The van der Waals surface area contributed by atoms with Gasteiger partial charge in [0.2, 0.25) is 10.0 Å². The molecule has 0 bridgehead atoms. The molecule has 2 rings (SSSR count). The molecule has 0 radical (unpaired) electrons. The second-order valence-electron chi connectivity index (χ2n) is 4.67. The van der Waals surface area contributed by atoms with Crippen molar-refractivity contribution in [2.24, 2.45) is 0 Å². The lowest BCUT2D eigenvalue weighted by Gasteiger charge is -2.06. The van der Waals surface area contributed by atoms with Crippen LogP contribution in [0.2, 0.25) is 0 Å². The van der Waals surface area contributed by atoms with E-state index in [4.69, 9.17) is 0 Å². The van der Waals surface area contributed by atoms with Gasteiger partial charge in [0, 0.05) is 19.6 Å². The highest BCUT2D eigenvalue weighted by Gasteiger charge is 2.17. The standard InChI is InChI=1S/C13H18N2O2S/c1-10(2)5-6-15-18(16,17)13-4-3-11-8-14-9-12(11)7-13/h3-5,7,14-15H,6,8-9H2,1-2H3. The number of benzene rings is 1. The smallest absolute Gasteiger partial charge is 0.240 e. The normalized spacial score (nSPS) is 14.3. The van der Waals surface area contributed by atoms with Crippen LogP contribution in [0.25, 0.3) is 0 Å². The van der Waals surface area contributed by atoms with Crippen molar-refractivity contribution in [2.45, 2.75) is 31.8 Å². The predicted octanol–water partition coefficient (Wildman–Crippen LogP) is 1.53. The molecular weight excluding hydrogens is 248 g/mol. The molecule has 0 fully saturated rings.